The van der Waals surface area contributed by atoms with Gasteiger partial charge >= 0.3 is 5.97 Å². The molecule has 1 aliphatic rings. The number of carboxylic acid groups (broad SMARTS) is 1. The first kappa shape index (κ1) is 17.4. The molecule has 0 unspecified atom stereocenters. The maximum absolute atomic E-state index is 12.5. The molecule has 4 nitrogen and oxygen atoms in total. The van der Waals surface area contributed by atoms with Crippen molar-refractivity contribution in [3.63, 3.8) is 0 Å². The zero-order valence-corrected chi connectivity index (χ0v) is 12.4. The minimum absolute atomic E-state index is 0.0694. The van der Waals surface area contributed by atoms with E-state index in [4.69, 9.17) is 9.84 Å². The second-order valence-electron chi connectivity index (χ2n) is 5.60. The number of methoxy groups -OCH3 is 1. The Hall–Kier alpha value is -1.69. The van der Waals surface area contributed by atoms with Crippen molar-refractivity contribution in [1.82, 2.24) is 0 Å². The predicted octanol–water partition coefficient (Wildman–Crippen LogP) is 3.25. The van der Waals surface area contributed by atoms with Crippen molar-refractivity contribution < 1.29 is 28.2 Å². The van der Waals surface area contributed by atoms with Crippen molar-refractivity contribution in [2.45, 2.75) is 32.8 Å². The first-order chi connectivity index (χ1) is 9.76. The summed E-state index contributed by atoms with van der Waals surface area (Å²) >= 11 is 0. The minimum atomic E-state index is -0.940. The molecule has 0 bridgehead atoms. The third-order valence-electron chi connectivity index (χ3n) is 3.17. The molecular weight excluding hydrogens is 282 g/mol. The van der Waals surface area contributed by atoms with E-state index < -0.39 is 23.7 Å². The van der Waals surface area contributed by atoms with Crippen LogP contribution >= 0.6 is 0 Å². The van der Waals surface area contributed by atoms with Gasteiger partial charge in [-0.2, -0.15) is 4.39 Å². The smallest absolute Gasteiger partial charge is 0.332 e. The summed E-state index contributed by atoms with van der Waals surface area (Å²) in [5.74, 6) is -2.73. The number of carboxylic acids is 1. The summed E-state index contributed by atoms with van der Waals surface area (Å²) in [4.78, 5) is 10.4. The van der Waals surface area contributed by atoms with Crippen LogP contribution in [0.2, 0.25) is 0 Å². The quantitative estimate of drug-likeness (QED) is 0.911. The fraction of sp³-hybridized carbons (Fsp3) is 0.533. The average Bonchev–Trinajstić information content (AvgIpc) is 2.42. The van der Waals surface area contributed by atoms with Crippen molar-refractivity contribution >= 4 is 5.97 Å². The average molecular weight is 302 g/mol. The van der Waals surface area contributed by atoms with Gasteiger partial charge in [-0.3, -0.25) is 0 Å². The van der Waals surface area contributed by atoms with E-state index in [0.717, 1.165) is 12.5 Å². The van der Waals surface area contributed by atoms with E-state index >= 15 is 0 Å². The monoisotopic (exact) mass is 302 g/mol. The highest BCUT2D eigenvalue weighted by Gasteiger charge is 2.30. The lowest BCUT2D eigenvalue weighted by Crippen LogP contribution is -2.36. The molecule has 0 amide bonds. The summed E-state index contributed by atoms with van der Waals surface area (Å²) in [7, 11) is 1.29. The molecule has 0 aromatic heterocycles. The second-order valence-corrected chi connectivity index (χ2v) is 5.60. The Kier molecular flexibility index (Phi) is 6.08. The Balaban J connectivity index is 0.000000211. The van der Waals surface area contributed by atoms with Crippen LogP contribution in [-0.4, -0.2) is 30.9 Å². The van der Waals surface area contributed by atoms with Gasteiger partial charge in [0.15, 0.2) is 17.7 Å². The first-order valence-electron chi connectivity index (χ1n) is 6.59. The van der Waals surface area contributed by atoms with Crippen LogP contribution in [0.5, 0.6) is 5.75 Å². The van der Waals surface area contributed by atoms with Crippen LogP contribution in [0, 0.1) is 17.0 Å². The lowest BCUT2D eigenvalue weighted by atomic mass is 9.85. The van der Waals surface area contributed by atoms with E-state index in [1.165, 1.54) is 19.2 Å². The lowest BCUT2D eigenvalue weighted by Gasteiger charge is -2.32. The van der Waals surface area contributed by atoms with Crippen LogP contribution in [0.3, 0.4) is 0 Å². The Morgan fingerprint density at radius 3 is 2.52 bits per heavy atom. The molecule has 2 rings (SSSR count). The Morgan fingerprint density at radius 2 is 2.10 bits per heavy atom. The predicted molar refractivity (Wildman–Crippen MR) is 73.3 cm³/mol. The van der Waals surface area contributed by atoms with Gasteiger partial charge in [-0.15, -0.1) is 0 Å². The van der Waals surface area contributed by atoms with Gasteiger partial charge in [0.05, 0.1) is 13.7 Å². The number of hydrogen-bond acceptors (Lipinski definition) is 3. The van der Waals surface area contributed by atoms with E-state index in [2.05, 4.69) is 18.6 Å². The molecule has 0 spiro atoms. The Bertz CT molecular complexity index is 479. The van der Waals surface area contributed by atoms with E-state index in [9.17, 15) is 13.6 Å². The molecule has 6 heteroatoms. The van der Waals surface area contributed by atoms with Gasteiger partial charge in [0.2, 0.25) is 5.82 Å². The molecular formula is C15H20F2O4. The topological polar surface area (TPSA) is 55.8 Å². The van der Waals surface area contributed by atoms with E-state index in [1.54, 1.807) is 0 Å². The fourth-order valence-electron chi connectivity index (χ4n) is 1.84. The SMILES string of the molecule is CC1(C)CC[C@H](C(=O)O)OC1.COc1cccc(F)c1F. The van der Waals surface area contributed by atoms with E-state index in [1.807, 2.05) is 0 Å². The maximum Gasteiger partial charge on any atom is 0.332 e. The third-order valence-corrected chi connectivity index (χ3v) is 3.17. The van der Waals surface area contributed by atoms with Crippen LogP contribution in [-0.2, 0) is 9.53 Å². The number of ether oxygens (including phenoxy) is 2. The molecule has 1 fully saturated rings. The summed E-state index contributed by atoms with van der Waals surface area (Å²) in [6.07, 6.45) is 1.01. The van der Waals surface area contributed by atoms with Gasteiger partial charge in [0, 0.05) is 0 Å². The van der Waals surface area contributed by atoms with Gasteiger partial charge in [-0.25, -0.2) is 9.18 Å². The van der Waals surface area contributed by atoms with Crippen LogP contribution < -0.4 is 4.74 Å². The van der Waals surface area contributed by atoms with Gasteiger partial charge in [0.1, 0.15) is 0 Å². The summed E-state index contributed by atoms with van der Waals surface area (Å²) in [5.41, 5.74) is 0.159. The zero-order valence-electron chi connectivity index (χ0n) is 12.4. The van der Waals surface area contributed by atoms with Gasteiger partial charge < -0.3 is 14.6 Å². The number of rotatable bonds is 2. The molecule has 1 heterocycles. The molecule has 1 atom stereocenters. The molecule has 0 radical (unpaired) electrons. The second kappa shape index (κ2) is 7.36. The molecule has 0 saturated carbocycles. The van der Waals surface area contributed by atoms with Crippen LogP contribution in [0.4, 0.5) is 8.78 Å². The Labute approximate surface area is 122 Å². The van der Waals surface area contributed by atoms with Crippen molar-refractivity contribution in [2.24, 2.45) is 5.41 Å². The number of hydrogen-bond donors (Lipinski definition) is 1. The van der Waals surface area contributed by atoms with E-state index in [-0.39, 0.29) is 11.2 Å². The minimum Gasteiger partial charge on any atom is -0.494 e. The fourth-order valence-corrected chi connectivity index (χ4v) is 1.84. The molecule has 21 heavy (non-hydrogen) atoms. The van der Waals surface area contributed by atoms with Crippen molar-refractivity contribution in [1.29, 1.82) is 0 Å². The summed E-state index contributed by atoms with van der Waals surface area (Å²) in [6, 6.07) is 3.79. The van der Waals surface area contributed by atoms with Gasteiger partial charge in [0.25, 0.3) is 0 Å². The Morgan fingerprint density at radius 1 is 1.43 bits per heavy atom. The molecule has 118 valence electrons. The maximum atomic E-state index is 12.5. The summed E-state index contributed by atoms with van der Waals surface area (Å²) in [5, 5.41) is 8.58. The first-order valence-corrected chi connectivity index (χ1v) is 6.59. The third kappa shape index (κ3) is 5.30. The molecule has 1 aromatic carbocycles. The van der Waals surface area contributed by atoms with Crippen molar-refractivity contribution in [3.8, 4) is 5.75 Å². The standard InChI is InChI=1S/C8H14O3.C7H6F2O/c1-8(2)4-3-6(7(9)10)11-5-8;1-10-6-4-2-3-5(8)7(6)9/h6H,3-5H2,1-2H3,(H,9,10);2-4H,1H3/t6-;/m1./s1. The van der Waals surface area contributed by atoms with Crippen molar-refractivity contribution in [3.05, 3.63) is 29.8 Å². The van der Waals surface area contributed by atoms with Crippen LogP contribution in [0.25, 0.3) is 0 Å². The molecule has 0 aliphatic carbocycles. The molecule has 1 saturated heterocycles. The summed E-state index contributed by atoms with van der Waals surface area (Å²) < 4.78 is 34.5. The normalized spacial score (nSPS) is 20.1. The van der Waals surface area contributed by atoms with Crippen LogP contribution in [0.1, 0.15) is 26.7 Å². The molecule has 1 aromatic rings. The van der Waals surface area contributed by atoms with Gasteiger partial charge in [-0.05, 0) is 30.4 Å². The highest BCUT2D eigenvalue weighted by molar-refractivity contribution is 5.72. The number of aliphatic carboxylic acids is 1. The number of halogens is 2. The molecule has 1 N–H and O–H groups in total. The van der Waals surface area contributed by atoms with Crippen molar-refractivity contribution in [2.75, 3.05) is 13.7 Å². The summed E-state index contributed by atoms with van der Waals surface area (Å²) in [6.45, 7) is 4.74. The van der Waals surface area contributed by atoms with Crippen LogP contribution in [0.15, 0.2) is 18.2 Å². The van der Waals surface area contributed by atoms with E-state index in [0.29, 0.717) is 13.0 Å². The number of benzene rings is 1. The lowest BCUT2D eigenvalue weighted by molar-refractivity contribution is -0.157. The number of carbonyl (C=O) groups is 1. The molecule has 1 aliphatic heterocycles. The zero-order chi connectivity index (χ0) is 16.0. The largest absolute Gasteiger partial charge is 0.494 e. The highest BCUT2D eigenvalue weighted by atomic mass is 19.2. The highest BCUT2D eigenvalue weighted by Crippen LogP contribution is 2.29. The van der Waals surface area contributed by atoms with Gasteiger partial charge in [-0.1, -0.05) is 19.9 Å².